The lowest BCUT2D eigenvalue weighted by atomic mass is 10.1. The van der Waals surface area contributed by atoms with Crippen LogP contribution in [0.25, 0.3) is 0 Å². The van der Waals surface area contributed by atoms with Crippen molar-refractivity contribution in [2.45, 2.75) is 6.18 Å². The van der Waals surface area contributed by atoms with Crippen LogP contribution in [0.1, 0.15) is 5.56 Å². The summed E-state index contributed by atoms with van der Waals surface area (Å²) in [7, 11) is 1.20. The number of alkyl halides is 3. The van der Waals surface area contributed by atoms with Crippen LogP contribution < -0.4 is 10.0 Å². The molecule has 0 heterocycles. The predicted molar refractivity (Wildman–Crippen MR) is 56.4 cm³/mol. The SMILES string of the molecule is CN(CC(=O)[O-])c1ccc(C(F)(F)F)cc1[N+](=O)[O-]. The van der Waals surface area contributed by atoms with Crippen LogP contribution in [0.4, 0.5) is 24.5 Å². The molecule has 9 heteroatoms. The maximum absolute atomic E-state index is 12.4. The summed E-state index contributed by atoms with van der Waals surface area (Å²) in [6.07, 6.45) is -4.71. The first-order valence-electron chi connectivity index (χ1n) is 4.89. The van der Waals surface area contributed by atoms with Crippen molar-refractivity contribution >= 4 is 17.3 Å². The van der Waals surface area contributed by atoms with Crippen LogP contribution >= 0.6 is 0 Å². The number of nitro groups is 1. The number of carboxylic acid groups (broad SMARTS) is 1. The first-order valence-corrected chi connectivity index (χ1v) is 4.89. The second-order valence-electron chi connectivity index (χ2n) is 3.69. The van der Waals surface area contributed by atoms with Crippen molar-refractivity contribution in [3.63, 3.8) is 0 Å². The summed E-state index contributed by atoms with van der Waals surface area (Å²) in [5.74, 6) is -1.50. The summed E-state index contributed by atoms with van der Waals surface area (Å²) in [5, 5.41) is 21.1. The summed E-state index contributed by atoms with van der Waals surface area (Å²) < 4.78 is 37.3. The number of nitro benzene ring substituents is 1. The molecule has 0 aliphatic heterocycles. The maximum atomic E-state index is 12.4. The molecular formula is C10H8F3N2O4-. The summed E-state index contributed by atoms with van der Waals surface area (Å²) in [6.45, 7) is -0.674. The number of anilines is 1. The molecule has 1 aromatic rings. The standard InChI is InChI=1S/C10H9F3N2O4/c1-14(5-9(16)17)7-3-2-6(10(11,12)13)4-8(7)15(18)19/h2-4H,5H2,1H3,(H,16,17)/p-1. The minimum Gasteiger partial charge on any atom is -0.548 e. The molecule has 1 aromatic carbocycles. The van der Waals surface area contributed by atoms with Crippen molar-refractivity contribution in [3.8, 4) is 0 Å². The number of hydrogen-bond donors (Lipinski definition) is 0. The zero-order valence-electron chi connectivity index (χ0n) is 9.60. The Kier molecular flexibility index (Phi) is 3.98. The zero-order chi connectivity index (χ0) is 14.8. The van der Waals surface area contributed by atoms with Crippen molar-refractivity contribution in [2.75, 3.05) is 18.5 Å². The van der Waals surface area contributed by atoms with E-state index in [0.29, 0.717) is 12.1 Å². The maximum Gasteiger partial charge on any atom is 0.416 e. The number of likely N-dealkylation sites (N-methyl/N-ethyl adjacent to an activating group) is 1. The molecule has 0 unspecified atom stereocenters. The van der Waals surface area contributed by atoms with Gasteiger partial charge in [0.2, 0.25) is 0 Å². The highest BCUT2D eigenvalue weighted by Gasteiger charge is 2.33. The third-order valence-corrected chi connectivity index (χ3v) is 2.28. The number of aliphatic carboxylic acids is 1. The Morgan fingerprint density at radius 3 is 2.42 bits per heavy atom. The van der Waals surface area contributed by atoms with Crippen molar-refractivity contribution in [3.05, 3.63) is 33.9 Å². The molecule has 0 atom stereocenters. The van der Waals surface area contributed by atoms with Gasteiger partial charge in [0.15, 0.2) is 0 Å². The lowest BCUT2D eigenvalue weighted by Gasteiger charge is -2.20. The molecular weight excluding hydrogens is 269 g/mol. The lowest BCUT2D eigenvalue weighted by Crippen LogP contribution is -2.36. The van der Waals surface area contributed by atoms with Gasteiger partial charge in [-0.2, -0.15) is 13.2 Å². The molecule has 1 rings (SSSR count). The van der Waals surface area contributed by atoms with Crippen molar-refractivity contribution in [1.82, 2.24) is 0 Å². The van der Waals surface area contributed by atoms with Crippen molar-refractivity contribution in [2.24, 2.45) is 0 Å². The molecule has 0 saturated carbocycles. The number of halogens is 3. The average molecular weight is 277 g/mol. The van der Waals surface area contributed by atoms with Gasteiger partial charge in [-0.05, 0) is 12.1 Å². The van der Waals surface area contributed by atoms with Crippen LogP contribution in [0.3, 0.4) is 0 Å². The van der Waals surface area contributed by atoms with Crippen LogP contribution in [0.2, 0.25) is 0 Å². The number of nitrogens with zero attached hydrogens (tertiary/aromatic N) is 2. The van der Waals surface area contributed by atoms with E-state index in [2.05, 4.69) is 0 Å². The van der Waals surface area contributed by atoms with Gasteiger partial charge in [0.25, 0.3) is 5.69 Å². The van der Waals surface area contributed by atoms with E-state index in [1.807, 2.05) is 0 Å². The van der Waals surface area contributed by atoms with E-state index in [0.717, 1.165) is 11.0 Å². The Morgan fingerprint density at radius 2 is 2.00 bits per heavy atom. The number of carbonyl (C=O) groups is 1. The predicted octanol–water partition coefficient (Wildman–Crippen LogP) is 0.800. The van der Waals surface area contributed by atoms with E-state index in [1.165, 1.54) is 7.05 Å². The fourth-order valence-electron chi connectivity index (χ4n) is 1.45. The van der Waals surface area contributed by atoms with Gasteiger partial charge in [0.05, 0.1) is 23.0 Å². The Bertz CT molecular complexity index is 516. The summed E-state index contributed by atoms with van der Waals surface area (Å²) in [5.41, 5.74) is -2.23. The average Bonchev–Trinajstić information content (AvgIpc) is 2.25. The van der Waals surface area contributed by atoms with Crippen LogP contribution in [-0.2, 0) is 11.0 Å². The quantitative estimate of drug-likeness (QED) is 0.600. The first-order chi connectivity index (χ1) is 8.62. The van der Waals surface area contributed by atoms with E-state index in [9.17, 15) is 33.2 Å². The summed E-state index contributed by atoms with van der Waals surface area (Å²) in [6, 6.07) is 1.86. The fraction of sp³-hybridized carbons (Fsp3) is 0.300. The van der Waals surface area contributed by atoms with E-state index >= 15 is 0 Å². The van der Waals surface area contributed by atoms with Gasteiger partial charge in [-0.1, -0.05) is 0 Å². The van der Waals surface area contributed by atoms with E-state index in [4.69, 9.17) is 0 Å². The third-order valence-electron chi connectivity index (χ3n) is 2.28. The smallest absolute Gasteiger partial charge is 0.416 e. The highest BCUT2D eigenvalue weighted by molar-refractivity contribution is 5.74. The van der Waals surface area contributed by atoms with Crippen LogP contribution in [0, 0.1) is 10.1 Å². The number of carboxylic acids is 1. The highest BCUT2D eigenvalue weighted by atomic mass is 19.4. The molecule has 0 amide bonds. The Labute approximate surface area is 105 Å². The Morgan fingerprint density at radius 1 is 1.42 bits per heavy atom. The third kappa shape index (κ3) is 3.57. The molecule has 0 aliphatic rings. The van der Waals surface area contributed by atoms with Crippen LogP contribution in [0.5, 0.6) is 0 Å². The van der Waals surface area contributed by atoms with Gasteiger partial charge < -0.3 is 14.8 Å². The van der Waals surface area contributed by atoms with Gasteiger partial charge in [0, 0.05) is 13.1 Å². The van der Waals surface area contributed by atoms with Crippen LogP contribution in [0.15, 0.2) is 18.2 Å². The molecule has 104 valence electrons. The molecule has 0 spiro atoms. The summed E-state index contributed by atoms with van der Waals surface area (Å²) >= 11 is 0. The number of carbonyl (C=O) groups excluding carboxylic acids is 1. The molecule has 0 aromatic heterocycles. The van der Waals surface area contributed by atoms with Gasteiger partial charge in [0.1, 0.15) is 5.69 Å². The zero-order valence-corrected chi connectivity index (χ0v) is 9.60. The summed E-state index contributed by atoms with van der Waals surface area (Å²) in [4.78, 5) is 21.0. The second-order valence-corrected chi connectivity index (χ2v) is 3.69. The molecule has 0 radical (unpaired) electrons. The molecule has 0 saturated heterocycles. The molecule has 0 fully saturated rings. The second kappa shape index (κ2) is 5.12. The van der Waals surface area contributed by atoms with E-state index in [-0.39, 0.29) is 5.69 Å². The fourth-order valence-corrected chi connectivity index (χ4v) is 1.45. The molecule has 0 bridgehead atoms. The lowest BCUT2D eigenvalue weighted by molar-refractivity contribution is -0.384. The number of benzene rings is 1. The Balaban J connectivity index is 3.26. The van der Waals surface area contributed by atoms with E-state index in [1.54, 1.807) is 0 Å². The largest absolute Gasteiger partial charge is 0.548 e. The van der Waals surface area contributed by atoms with Gasteiger partial charge in [-0.25, -0.2) is 0 Å². The Hall–Kier alpha value is -2.32. The topological polar surface area (TPSA) is 86.5 Å². The van der Waals surface area contributed by atoms with Crippen LogP contribution in [-0.4, -0.2) is 24.5 Å². The number of rotatable bonds is 4. The van der Waals surface area contributed by atoms with E-state index < -0.39 is 34.9 Å². The minimum absolute atomic E-state index is 0.234. The van der Waals surface area contributed by atoms with Gasteiger partial charge in [-0.3, -0.25) is 10.1 Å². The molecule has 0 aliphatic carbocycles. The molecule has 19 heavy (non-hydrogen) atoms. The van der Waals surface area contributed by atoms with Crippen molar-refractivity contribution in [1.29, 1.82) is 0 Å². The molecule has 0 N–H and O–H groups in total. The van der Waals surface area contributed by atoms with Gasteiger partial charge in [-0.15, -0.1) is 0 Å². The monoisotopic (exact) mass is 277 g/mol. The van der Waals surface area contributed by atoms with Crippen molar-refractivity contribution < 1.29 is 28.0 Å². The number of hydrogen-bond acceptors (Lipinski definition) is 5. The minimum atomic E-state index is -4.71. The van der Waals surface area contributed by atoms with Gasteiger partial charge >= 0.3 is 6.18 Å². The normalized spacial score (nSPS) is 11.2. The highest BCUT2D eigenvalue weighted by Crippen LogP contribution is 2.35. The molecule has 6 nitrogen and oxygen atoms in total. The first kappa shape index (κ1) is 14.7.